The summed E-state index contributed by atoms with van der Waals surface area (Å²) in [6.45, 7) is 2.57. The molecule has 2 heterocycles. The van der Waals surface area contributed by atoms with Crippen molar-refractivity contribution in [3.05, 3.63) is 42.0 Å². The molecule has 2 N–H and O–H groups in total. The van der Waals surface area contributed by atoms with Crippen LogP contribution in [-0.4, -0.2) is 14.8 Å². The number of nitrogen functional groups attached to an aromatic ring is 1. The van der Waals surface area contributed by atoms with Gasteiger partial charge in [-0.25, -0.2) is 4.98 Å². The Balaban J connectivity index is 2.03. The maximum Gasteiger partial charge on any atom is 0.113 e. The molecule has 0 atom stereocenters. The highest BCUT2D eigenvalue weighted by Gasteiger charge is 1.90. The molecule has 0 bridgehead atoms. The lowest BCUT2D eigenvalue weighted by Crippen LogP contribution is -1.95. The van der Waals surface area contributed by atoms with Crippen molar-refractivity contribution in [2.45, 2.75) is 13.5 Å². The molecule has 0 unspecified atom stereocenters. The molecule has 0 aliphatic heterocycles. The number of hydrogen-bond acceptors (Lipinski definition) is 3. The second kappa shape index (κ2) is 4.49. The highest BCUT2D eigenvalue weighted by atomic mass is 15.3. The standard InChI is InChI=1S/C12H12N4/c1-10-7-15-16(9-10)6-2-3-12-5-4-11(13)8-14-12/h4-5,7-9H,6,13H2,1H3. The van der Waals surface area contributed by atoms with Gasteiger partial charge in [0.2, 0.25) is 0 Å². The Morgan fingerprint density at radius 2 is 2.25 bits per heavy atom. The summed E-state index contributed by atoms with van der Waals surface area (Å²) in [5.41, 5.74) is 8.02. The SMILES string of the molecule is Cc1cnn(CC#Cc2ccc(N)cn2)c1. The highest BCUT2D eigenvalue weighted by Crippen LogP contribution is 1.99. The minimum absolute atomic E-state index is 0.569. The summed E-state index contributed by atoms with van der Waals surface area (Å²) >= 11 is 0. The molecule has 0 fully saturated rings. The van der Waals surface area contributed by atoms with Gasteiger partial charge in [0, 0.05) is 6.20 Å². The lowest BCUT2D eigenvalue weighted by atomic mass is 10.3. The van der Waals surface area contributed by atoms with Crippen molar-refractivity contribution < 1.29 is 0 Å². The molecule has 4 heteroatoms. The molecular formula is C12H12N4. The monoisotopic (exact) mass is 212 g/mol. The maximum absolute atomic E-state index is 5.52. The van der Waals surface area contributed by atoms with Gasteiger partial charge in [-0.2, -0.15) is 5.10 Å². The topological polar surface area (TPSA) is 56.7 Å². The molecule has 0 spiro atoms. The van der Waals surface area contributed by atoms with E-state index in [0.29, 0.717) is 12.2 Å². The van der Waals surface area contributed by atoms with Crippen LogP contribution in [0.25, 0.3) is 0 Å². The van der Waals surface area contributed by atoms with Crippen molar-refractivity contribution in [1.82, 2.24) is 14.8 Å². The van der Waals surface area contributed by atoms with Crippen LogP contribution in [0.4, 0.5) is 5.69 Å². The summed E-state index contributed by atoms with van der Waals surface area (Å²) < 4.78 is 1.79. The van der Waals surface area contributed by atoms with Crippen LogP contribution in [0.3, 0.4) is 0 Å². The van der Waals surface area contributed by atoms with Crippen molar-refractivity contribution in [1.29, 1.82) is 0 Å². The summed E-state index contributed by atoms with van der Waals surface area (Å²) in [6.07, 6.45) is 5.36. The predicted octanol–water partition coefficient (Wildman–Crippen LogP) is 1.22. The normalized spacial score (nSPS) is 9.56. The maximum atomic E-state index is 5.52. The van der Waals surface area contributed by atoms with Crippen LogP contribution in [0.5, 0.6) is 0 Å². The quantitative estimate of drug-likeness (QED) is 0.723. The fraction of sp³-hybridized carbons (Fsp3) is 0.167. The van der Waals surface area contributed by atoms with Gasteiger partial charge in [-0.15, -0.1) is 0 Å². The molecule has 0 amide bonds. The van der Waals surface area contributed by atoms with Crippen LogP contribution in [0.15, 0.2) is 30.7 Å². The average Bonchev–Trinajstić information content (AvgIpc) is 2.67. The number of hydrogen-bond donors (Lipinski definition) is 1. The number of aromatic nitrogens is 3. The van der Waals surface area contributed by atoms with Gasteiger partial charge in [0.25, 0.3) is 0 Å². The van der Waals surface area contributed by atoms with Crippen molar-refractivity contribution in [2.24, 2.45) is 0 Å². The van der Waals surface area contributed by atoms with Gasteiger partial charge in [0.15, 0.2) is 0 Å². The third kappa shape index (κ3) is 2.61. The van der Waals surface area contributed by atoms with E-state index in [1.165, 1.54) is 0 Å². The molecule has 2 aromatic rings. The fourth-order valence-corrected chi connectivity index (χ4v) is 1.24. The number of nitrogens with zero attached hydrogens (tertiary/aromatic N) is 3. The second-order valence-electron chi connectivity index (χ2n) is 3.49. The third-order valence-electron chi connectivity index (χ3n) is 2.01. The van der Waals surface area contributed by atoms with Crippen molar-refractivity contribution >= 4 is 5.69 Å². The third-order valence-corrected chi connectivity index (χ3v) is 2.01. The van der Waals surface area contributed by atoms with Gasteiger partial charge in [-0.3, -0.25) is 4.68 Å². The molecule has 16 heavy (non-hydrogen) atoms. The number of rotatable bonds is 1. The molecule has 0 saturated heterocycles. The van der Waals surface area contributed by atoms with E-state index in [4.69, 9.17) is 5.73 Å². The van der Waals surface area contributed by atoms with Gasteiger partial charge in [-0.1, -0.05) is 5.92 Å². The van der Waals surface area contributed by atoms with Crippen LogP contribution >= 0.6 is 0 Å². The zero-order valence-electron chi connectivity index (χ0n) is 9.01. The summed E-state index contributed by atoms with van der Waals surface area (Å²) in [5.74, 6) is 5.95. The Bertz CT molecular complexity index is 528. The van der Waals surface area contributed by atoms with E-state index in [9.17, 15) is 0 Å². The first-order chi connectivity index (χ1) is 7.74. The molecule has 0 saturated carbocycles. The van der Waals surface area contributed by atoms with E-state index >= 15 is 0 Å². The fourth-order valence-electron chi connectivity index (χ4n) is 1.24. The predicted molar refractivity (Wildman–Crippen MR) is 62.5 cm³/mol. The minimum atomic E-state index is 0.569. The molecule has 0 aromatic carbocycles. The van der Waals surface area contributed by atoms with Gasteiger partial charge in [-0.05, 0) is 30.5 Å². The molecular weight excluding hydrogens is 200 g/mol. The number of nitrogens with two attached hydrogens (primary N) is 1. The highest BCUT2D eigenvalue weighted by molar-refractivity contribution is 5.38. The first-order valence-corrected chi connectivity index (χ1v) is 4.93. The molecule has 80 valence electrons. The lowest BCUT2D eigenvalue weighted by molar-refractivity contribution is 0.715. The number of aryl methyl sites for hydroxylation is 1. The van der Waals surface area contributed by atoms with E-state index in [0.717, 1.165) is 11.3 Å². The van der Waals surface area contributed by atoms with Crippen LogP contribution in [0.2, 0.25) is 0 Å². The summed E-state index contributed by atoms with van der Waals surface area (Å²) in [6, 6.07) is 3.59. The molecule has 0 aliphatic rings. The van der Waals surface area contributed by atoms with E-state index < -0.39 is 0 Å². The van der Waals surface area contributed by atoms with Gasteiger partial charge in [0.1, 0.15) is 12.2 Å². The van der Waals surface area contributed by atoms with E-state index in [-0.39, 0.29) is 0 Å². The van der Waals surface area contributed by atoms with E-state index in [1.807, 2.05) is 19.3 Å². The van der Waals surface area contributed by atoms with Crippen LogP contribution in [0.1, 0.15) is 11.3 Å². The largest absolute Gasteiger partial charge is 0.397 e. The minimum Gasteiger partial charge on any atom is -0.397 e. The molecule has 0 aliphatic carbocycles. The van der Waals surface area contributed by atoms with Crippen LogP contribution in [-0.2, 0) is 6.54 Å². The van der Waals surface area contributed by atoms with E-state index in [2.05, 4.69) is 21.9 Å². The van der Waals surface area contributed by atoms with Gasteiger partial charge >= 0.3 is 0 Å². The summed E-state index contributed by atoms with van der Waals surface area (Å²) in [5, 5.41) is 4.13. The zero-order valence-corrected chi connectivity index (χ0v) is 9.01. The van der Waals surface area contributed by atoms with Gasteiger partial charge in [0.05, 0.1) is 18.1 Å². The molecule has 0 radical (unpaired) electrons. The molecule has 4 nitrogen and oxygen atoms in total. The Labute approximate surface area is 94.1 Å². The number of pyridine rings is 1. The zero-order chi connectivity index (χ0) is 11.4. The molecule has 2 rings (SSSR count). The molecule has 2 aromatic heterocycles. The summed E-state index contributed by atoms with van der Waals surface area (Å²) in [7, 11) is 0. The van der Waals surface area contributed by atoms with Crippen molar-refractivity contribution in [3.63, 3.8) is 0 Å². The Hall–Kier alpha value is -2.28. The summed E-state index contributed by atoms with van der Waals surface area (Å²) in [4.78, 5) is 4.09. The first-order valence-electron chi connectivity index (χ1n) is 4.93. The van der Waals surface area contributed by atoms with E-state index in [1.54, 1.807) is 23.0 Å². The van der Waals surface area contributed by atoms with Gasteiger partial charge < -0.3 is 5.73 Å². The smallest absolute Gasteiger partial charge is 0.113 e. The van der Waals surface area contributed by atoms with Crippen LogP contribution < -0.4 is 5.73 Å². The Kier molecular flexibility index (Phi) is 2.88. The van der Waals surface area contributed by atoms with Crippen molar-refractivity contribution in [2.75, 3.05) is 5.73 Å². The Morgan fingerprint density at radius 1 is 1.38 bits per heavy atom. The van der Waals surface area contributed by atoms with Crippen LogP contribution in [0, 0.1) is 18.8 Å². The number of anilines is 1. The van der Waals surface area contributed by atoms with Crippen molar-refractivity contribution in [3.8, 4) is 11.8 Å². The Morgan fingerprint density at radius 3 is 2.88 bits per heavy atom. The second-order valence-corrected chi connectivity index (χ2v) is 3.49. The average molecular weight is 212 g/mol. The lowest BCUT2D eigenvalue weighted by Gasteiger charge is -1.92. The first kappa shape index (κ1) is 10.2.